The van der Waals surface area contributed by atoms with E-state index in [1.54, 1.807) is 12.1 Å². The first kappa shape index (κ1) is 11.8. The Bertz CT molecular complexity index is 362. The van der Waals surface area contributed by atoms with E-state index in [1.165, 1.54) is 7.11 Å². The second kappa shape index (κ2) is 5.55. The number of H-pyrrole nitrogens is 1. The molecule has 6 heteroatoms. The highest BCUT2D eigenvalue weighted by Gasteiger charge is 2.07. The summed E-state index contributed by atoms with van der Waals surface area (Å²) >= 11 is 3.19. The number of hydrogen-bond acceptors (Lipinski definition) is 3. The van der Waals surface area contributed by atoms with Crippen LogP contribution in [0.25, 0.3) is 0 Å². The first-order valence-electron chi connectivity index (χ1n) is 4.33. The number of aromatic nitrogens is 1. The van der Waals surface area contributed by atoms with Crippen LogP contribution in [0, 0.1) is 0 Å². The minimum atomic E-state index is -0.344. The van der Waals surface area contributed by atoms with Gasteiger partial charge in [-0.15, -0.1) is 0 Å². The SMILES string of the molecule is COC(=O)CCNC(=O)c1ccc(Br)[nH]1. The van der Waals surface area contributed by atoms with Crippen LogP contribution >= 0.6 is 15.9 Å². The third-order valence-corrected chi connectivity index (χ3v) is 2.20. The topological polar surface area (TPSA) is 71.2 Å². The summed E-state index contributed by atoms with van der Waals surface area (Å²) < 4.78 is 5.17. The lowest BCUT2D eigenvalue weighted by molar-refractivity contribution is -0.140. The van der Waals surface area contributed by atoms with Crippen LogP contribution in [0.15, 0.2) is 16.7 Å². The molecule has 5 nitrogen and oxygen atoms in total. The summed E-state index contributed by atoms with van der Waals surface area (Å²) in [5, 5.41) is 2.59. The zero-order valence-corrected chi connectivity index (χ0v) is 9.76. The van der Waals surface area contributed by atoms with Gasteiger partial charge in [-0.2, -0.15) is 0 Å². The molecule has 1 aromatic heterocycles. The van der Waals surface area contributed by atoms with Crippen molar-refractivity contribution < 1.29 is 14.3 Å². The summed E-state index contributed by atoms with van der Waals surface area (Å²) in [6.07, 6.45) is 0.171. The Morgan fingerprint density at radius 3 is 2.80 bits per heavy atom. The molecule has 0 bridgehead atoms. The molecule has 0 atom stereocenters. The van der Waals surface area contributed by atoms with Crippen molar-refractivity contribution in [1.82, 2.24) is 10.3 Å². The number of carbonyl (C=O) groups excluding carboxylic acids is 2. The van der Waals surface area contributed by atoms with Gasteiger partial charge in [-0.3, -0.25) is 9.59 Å². The number of methoxy groups -OCH3 is 1. The highest BCUT2D eigenvalue weighted by atomic mass is 79.9. The summed E-state index contributed by atoms with van der Waals surface area (Å²) in [6.45, 7) is 0.266. The van der Waals surface area contributed by atoms with E-state index in [1.807, 2.05) is 0 Å². The minimum Gasteiger partial charge on any atom is -0.469 e. The second-order valence-corrected chi connectivity index (χ2v) is 3.66. The number of hydrogen-bond donors (Lipinski definition) is 2. The molecule has 0 fully saturated rings. The Hall–Kier alpha value is -1.30. The standard InChI is InChI=1S/C9H11BrN2O3/c1-15-8(13)4-5-11-9(14)6-2-3-7(10)12-6/h2-3,12H,4-5H2,1H3,(H,11,14). The monoisotopic (exact) mass is 274 g/mol. The maximum Gasteiger partial charge on any atom is 0.307 e. The molecule has 0 saturated carbocycles. The first-order chi connectivity index (χ1) is 7.13. The van der Waals surface area contributed by atoms with Gasteiger partial charge in [0, 0.05) is 6.54 Å². The second-order valence-electron chi connectivity index (χ2n) is 2.80. The predicted octanol–water partition coefficient (Wildman–Crippen LogP) is 1.07. The van der Waals surface area contributed by atoms with Gasteiger partial charge in [0.2, 0.25) is 0 Å². The Morgan fingerprint density at radius 2 is 2.27 bits per heavy atom. The highest BCUT2D eigenvalue weighted by Crippen LogP contribution is 2.07. The van der Waals surface area contributed by atoms with Crippen molar-refractivity contribution in [2.75, 3.05) is 13.7 Å². The van der Waals surface area contributed by atoms with Crippen molar-refractivity contribution in [2.45, 2.75) is 6.42 Å². The highest BCUT2D eigenvalue weighted by molar-refractivity contribution is 9.10. The molecular formula is C9H11BrN2O3. The van der Waals surface area contributed by atoms with Gasteiger partial charge in [-0.05, 0) is 28.1 Å². The molecule has 0 spiro atoms. The number of carbonyl (C=O) groups is 2. The number of ether oxygens (including phenoxy) is 1. The van der Waals surface area contributed by atoms with Crippen molar-refractivity contribution in [3.8, 4) is 0 Å². The van der Waals surface area contributed by atoms with E-state index in [9.17, 15) is 9.59 Å². The summed E-state index contributed by atoms with van der Waals surface area (Å²) in [5.74, 6) is -0.590. The molecule has 1 amide bonds. The molecule has 1 aromatic rings. The van der Waals surface area contributed by atoms with Crippen LogP contribution < -0.4 is 5.32 Å². The molecule has 2 N–H and O–H groups in total. The number of esters is 1. The van der Waals surface area contributed by atoms with E-state index in [2.05, 4.69) is 31.0 Å². The van der Waals surface area contributed by atoms with Crippen molar-refractivity contribution in [3.63, 3.8) is 0 Å². The maximum absolute atomic E-state index is 11.4. The van der Waals surface area contributed by atoms with Gasteiger partial charge in [-0.1, -0.05) is 0 Å². The molecule has 0 unspecified atom stereocenters. The molecule has 15 heavy (non-hydrogen) atoms. The van der Waals surface area contributed by atoms with Gasteiger partial charge in [0.15, 0.2) is 0 Å². The van der Waals surface area contributed by atoms with E-state index < -0.39 is 0 Å². The zero-order chi connectivity index (χ0) is 11.3. The molecule has 0 aliphatic carbocycles. The number of aromatic amines is 1. The summed E-state index contributed by atoms with van der Waals surface area (Å²) in [7, 11) is 1.31. The van der Waals surface area contributed by atoms with Crippen LogP contribution in [0.3, 0.4) is 0 Å². The molecule has 82 valence electrons. The molecule has 1 rings (SSSR count). The van der Waals surface area contributed by atoms with Crippen LogP contribution in [0.1, 0.15) is 16.9 Å². The smallest absolute Gasteiger partial charge is 0.307 e. The predicted molar refractivity (Wildman–Crippen MR) is 57.5 cm³/mol. The quantitative estimate of drug-likeness (QED) is 0.807. The molecule has 0 aliphatic heterocycles. The Kier molecular flexibility index (Phi) is 4.36. The lowest BCUT2D eigenvalue weighted by atomic mass is 10.4. The van der Waals surface area contributed by atoms with E-state index in [0.29, 0.717) is 5.69 Å². The fourth-order valence-corrected chi connectivity index (χ4v) is 1.32. The first-order valence-corrected chi connectivity index (χ1v) is 5.12. The fraction of sp³-hybridized carbons (Fsp3) is 0.333. The van der Waals surface area contributed by atoms with E-state index in [-0.39, 0.29) is 24.8 Å². The van der Waals surface area contributed by atoms with Crippen LogP contribution in [-0.4, -0.2) is 30.5 Å². The largest absolute Gasteiger partial charge is 0.469 e. The van der Waals surface area contributed by atoms with E-state index >= 15 is 0 Å². The normalized spacial score (nSPS) is 9.73. The van der Waals surface area contributed by atoms with Crippen LogP contribution in [0.2, 0.25) is 0 Å². The number of halogens is 1. The number of amides is 1. The van der Waals surface area contributed by atoms with Crippen LogP contribution in [0.5, 0.6) is 0 Å². The lowest BCUT2D eigenvalue weighted by Gasteiger charge is -2.02. The Morgan fingerprint density at radius 1 is 1.53 bits per heavy atom. The molecule has 1 heterocycles. The van der Waals surface area contributed by atoms with Gasteiger partial charge >= 0.3 is 5.97 Å². The van der Waals surface area contributed by atoms with Crippen LogP contribution in [0.4, 0.5) is 0 Å². The lowest BCUT2D eigenvalue weighted by Crippen LogP contribution is -2.26. The molecular weight excluding hydrogens is 264 g/mol. The summed E-state index contributed by atoms with van der Waals surface area (Å²) in [4.78, 5) is 25.0. The van der Waals surface area contributed by atoms with Gasteiger partial charge in [-0.25, -0.2) is 0 Å². The Balaban J connectivity index is 2.34. The Labute approximate surface area is 95.3 Å². The average molecular weight is 275 g/mol. The number of rotatable bonds is 4. The van der Waals surface area contributed by atoms with Crippen molar-refractivity contribution in [3.05, 3.63) is 22.4 Å². The van der Waals surface area contributed by atoms with E-state index in [0.717, 1.165) is 4.60 Å². The maximum atomic E-state index is 11.4. The summed E-state index contributed by atoms with van der Waals surface area (Å²) in [5.41, 5.74) is 0.451. The van der Waals surface area contributed by atoms with Gasteiger partial charge in [0.1, 0.15) is 5.69 Å². The van der Waals surface area contributed by atoms with Gasteiger partial charge in [0.05, 0.1) is 18.1 Å². The van der Waals surface area contributed by atoms with Gasteiger partial charge in [0.25, 0.3) is 5.91 Å². The zero-order valence-electron chi connectivity index (χ0n) is 8.17. The minimum absolute atomic E-state index is 0.171. The molecule has 0 radical (unpaired) electrons. The molecule has 0 saturated heterocycles. The third kappa shape index (κ3) is 3.75. The molecule has 0 aromatic carbocycles. The molecule has 0 aliphatic rings. The van der Waals surface area contributed by atoms with E-state index in [4.69, 9.17) is 0 Å². The van der Waals surface area contributed by atoms with Crippen LogP contribution in [-0.2, 0) is 9.53 Å². The third-order valence-electron chi connectivity index (χ3n) is 1.74. The van der Waals surface area contributed by atoms with Crippen molar-refractivity contribution in [1.29, 1.82) is 0 Å². The van der Waals surface area contributed by atoms with Crippen molar-refractivity contribution >= 4 is 27.8 Å². The summed E-state index contributed by atoms with van der Waals surface area (Å²) in [6, 6.07) is 3.38. The number of nitrogens with one attached hydrogen (secondary N) is 2. The van der Waals surface area contributed by atoms with Crippen molar-refractivity contribution in [2.24, 2.45) is 0 Å². The fourth-order valence-electron chi connectivity index (χ4n) is 0.976. The average Bonchev–Trinajstić information content (AvgIpc) is 2.64. The van der Waals surface area contributed by atoms with Gasteiger partial charge < -0.3 is 15.0 Å².